The number of hydrogen-bond acceptors (Lipinski definition) is 5. The first-order valence-corrected chi connectivity index (χ1v) is 12.8. The molecular weight excluding hydrogens is 498 g/mol. The molecule has 0 aliphatic rings. The highest BCUT2D eigenvalue weighted by atomic mass is 35.5. The van der Waals surface area contributed by atoms with Crippen molar-refractivity contribution in [3.63, 3.8) is 0 Å². The summed E-state index contributed by atoms with van der Waals surface area (Å²) in [5.74, 6) is -0.0200. The Hall–Kier alpha value is -4.10. The third-order valence-electron chi connectivity index (χ3n) is 6.46. The van der Waals surface area contributed by atoms with Crippen LogP contribution in [0.4, 0.5) is 11.4 Å². The van der Waals surface area contributed by atoms with Crippen molar-refractivity contribution in [2.24, 2.45) is 0 Å². The van der Waals surface area contributed by atoms with Gasteiger partial charge in [0, 0.05) is 34.4 Å². The van der Waals surface area contributed by atoms with E-state index >= 15 is 0 Å². The van der Waals surface area contributed by atoms with E-state index in [1.165, 1.54) is 17.7 Å². The Morgan fingerprint density at radius 2 is 1.61 bits per heavy atom. The molecule has 0 aliphatic carbocycles. The second-order valence-electron chi connectivity index (χ2n) is 9.17. The Morgan fingerprint density at radius 1 is 0.842 bits per heavy atom. The van der Waals surface area contributed by atoms with Crippen molar-refractivity contribution in [2.75, 3.05) is 18.4 Å². The maximum atomic E-state index is 11.6. The number of phenols is 1. The van der Waals surface area contributed by atoms with Gasteiger partial charge in [-0.25, -0.2) is 0 Å². The Labute approximate surface area is 225 Å². The van der Waals surface area contributed by atoms with Crippen LogP contribution in [0.15, 0.2) is 102 Å². The molecule has 192 valence electrons. The fourth-order valence-corrected chi connectivity index (χ4v) is 4.69. The normalized spacial score (nSPS) is 11.9. The van der Waals surface area contributed by atoms with Crippen molar-refractivity contribution in [2.45, 2.75) is 12.5 Å². The number of hydrogen-bond donors (Lipinski definition) is 5. The number of H-pyrrole nitrogens is 1. The predicted octanol–water partition coefficient (Wildman–Crippen LogP) is 6.16. The van der Waals surface area contributed by atoms with Gasteiger partial charge >= 0.3 is 0 Å². The summed E-state index contributed by atoms with van der Waals surface area (Å²) in [6.45, 7) is 1.04. The smallest absolute Gasteiger partial charge is 0.248 e. The zero-order valence-electron chi connectivity index (χ0n) is 20.6. The summed E-state index contributed by atoms with van der Waals surface area (Å²) in [7, 11) is 0. The fraction of sp³-hybridized carbons (Fsp3) is 0.129. The fourth-order valence-electron chi connectivity index (χ4n) is 4.50. The number of aromatic nitrogens is 1. The quantitative estimate of drug-likeness (QED) is 0.148. The Balaban J connectivity index is 1.14. The number of rotatable bonds is 9. The largest absolute Gasteiger partial charge is 0.506 e. The number of aromatic amines is 1. The molecule has 5 rings (SSSR count). The number of halogens is 1. The number of benzene rings is 4. The number of anilines is 2. The second kappa shape index (κ2) is 11.5. The molecule has 0 fully saturated rings. The Morgan fingerprint density at radius 3 is 2.39 bits per heavy atom. The molecule has 0 bridgehead atoms. The van der Waals surface area contributed by atoms with Crippen LogP contribution >= 0.6 is 11.6 Å². The van der Waals surface area contributed by atoms with Crippen LogP contribution in [0.3, 0.4) is 0 Å². The number of aliphatic hydroxyl groups is 1. The SMILES string of the molecule is O=c1ccc2c([C@@H](O)CNCCc3ccc(Nc4cccc(-c5cccc(Cl)c5)c4)cc3)ccc(O)c2[nH]1. The van der Waals surface area contributed by atoms with Gasteiger partial charge in [-0.05, 0) is 83.8 Å². The van der Waals surface area contributed by atoms with Gasteiger partial charge in [0.25, 0.3) is 0 Å². The van der Waals surface area contributed by atoms with E-state index in [1.807, 2.05) is 36.4 Å². The molecule has 6 nitrogen and oxygen atoms in total. The third kappa shape index (κ3) is 6.06. The standard InChI is InChI=1S/C31H28ClN3O3/c32-23-5-1-3-21(17-23)22-4-2-6-25(18-22)34-24-9-7-20(8-10-24)15-16-33-19-29(37)26-11-13-28(36)31-27(26)12-14-30(38)35-31/h1-14,17-18,29,33-34,36-37H,15-16,19H2,(H,35,38)/t29-/m0/s1. The van der Waals surface area contributed by atoms with E-state index in [0.29, 0.717) is 34.6 Å². The van der Waals surface area contributed by atoms with Crippen molar-refractivity contribution in [3.8, 4) is 16.9 Å². The van der Waals surface area contributed by atoms with E-state index in [1.54, 1.807) is 12.1 Å². The van der Waals surface area contributed by atoms with Gasteiger partial charge in [0.05, 0.1) is 11.6 Å². The van der Waals surface area contributed by atoms with Crippen LogP contribution in [0.5, 0.6) is 5.75 Å². The van der Waals surface area contributed by atoms with E-state index in [0.717, 1.165) is 28.9 Å². The lowest BCUT2D eigenvalue weighted by Crippen LogP contribution is -2.24. The average Bonchev–Trinajstić information content (AvgIpc) is 2.92. The molecule has 0 spiro atoms. The molecule has 0 saturated carbocycles. The molecule has 4 aromatic carbocycles. The summed E-state index contributed by atoms with van der Waals surface area (Å²) in [6.07, 6.45) is 0.0271. The molecule has 0 amide bonds. The highest BCUT2D eigenvalue weighted by Gasteiger charge is 2.13. The lowest BCUT2D eigenvalue weighted by atomic mass is 10.0. The number of pyridine rings is 1. The van der Waals surface area contributed by atoms with Crippen molar-refractivity contribution in [1.29, 1.82) is 0 Å². The van der Waals surface area contributed by atoms with Gasteiger partial charge in [-0.2, -0.15) is 0 Å². The third-order valence-corrected chi connectivity index (χ3v) is 6.69. The minimum absolute atomic E-state index is 0.0200. The zero-order chi connectivity index (χ0) is 26.5. The maximum absolute atomic E-state index is 11.6. The summed E-state index contributed by atoms with van der Waals surface area (Å²) >= 11 is 6.15. The van der Waals surface area contributed by atoms with Crippen LogP contribution in [0.1, 0.15) is 17.2 Å². The second-order valence-corrected chi connectivity index (χ2v) is 9.60. The van der Waals surface area contributed by atoms with Gasteiger partial charge in [0.15, 0.2) is 0 Å². The number of fused-ring (bicyclic) bond motifs is 1. The number of aliphatic hydroxyl groups excluding tert-OH is 1. The number of aromatic hydroxyl groups is 1. The van der Waals surface area contributed by atoms with Gasteiger partial charge in [0.2, 0.25) is 5.56 Å². The molecule has 5 N–H and O–H groups in total. The molecule has 5 aromatic rings. The van der Waals surface area contributed by atoms with Gasteiger partial charge in [-0.15, -0.1) is 0 Å². The van der Waals surface area contributed by atoms with E-state index in [4.69, 9.17) is 11.6 Å². The zero-order valence-corrected chi connectivity index (χ0v) is 21.4. The predicted molar refractivity (Wildman–Crippen MR) is 154 cm³/mol. The molecule has 1 atom stereocenters. The van der Waals surface area contributed by atoms with Crippen LogP contribution in [0, 0.1) is 0 Å². The topological polar surface area (TPSA) is 97.4 Å². The van der Waals surface area contributed by atoms with Crippen LogP contribution in [-0.2, 0) is 6.42 Å². The summed E-state index contributed by atoms with van der Waals surface area (Å²) in [6, 6.07) is 30.5. The van der Waals surface area contributed by atoms with Gasteiger partial charge in [-0.1, -0.05) is 54.1 Å². The Bertz CT molecular complexity index is 1620. The molecule has 38 heavy (non-hydrogen) atoms. The van der Waals surface area contributed by atoms with Gasteiger partial charge in [-0.3, -0.25) is 4.79 Å². The molecule has 1 heterocycles. The van der Waals surface area contributed by atoms with Crippen LogP contribution in [-0.4, -0.2) is 28.3 Å². The van der Waals surface area contributed by atoms with E-state index < -0.39 is 6.10 Å². The van der Waals surface area contributed by atoms with Gasteiger partial charge in [0.1, 0.15) is 5.75 Å². The van der Waals surface area contributed by atoms with Crippen molar-refractivity contribution >= 4 is 33.9 Å². The lowest BCUT2D eigenvalue weighted by molar-refractivity contribution is 0.176. The summed E-state index contributed by atoms with van der Waals surface area (Å²) in [4.78, 5) is 14.2. The molecular formula is C31H28ClN3O3. The number of phenolic OH excluding ortho intramolecular Hbond substituents is 1. The first-order valence-electron chi connectivity index (χ1n) is 12.4. The summed E-state index contributed by atoms with van der Waals surface area (Å²) < 4.78 is 0. The molecule has 0 radical (unpaired) electrons. The van der Waals surface area contributed by atoms with E-state index in [9.17, 15) is 15.0 Å². The van der Waals surface area contributed by atoms with Crippen molar-refractivity contribution in [3.05, 3.63) is 124 Å². The highest BCUT2D eigenvalue weighted by molar-refractivity contribution is 6.30. The monoisotopic (exact) mass is 525 g/mol. The molecule has 0 saturated heterocycles. The first-order chi connectivity index (χ1) is 18.5. The molecule has 7 heteroatoms. The summed E-state index contributed by atoms with van der Waals surface area (Å²) in [5, 5.41) is 28.8. The van der Waals surface area contributed by atoms with E-state index in [-0.39, 0.29) is 11.3 Å². The molecule has 0 aliphatic heterocycles. The highest BCUT2D eigenvalue weighted by Crippen LogP contribution is 2.29. The van der Waals surface area contributed by atoms with Crippen LogP contribution in [0.2, 0.25) is 5.02 Å². The minimum Gasteiger partial charge on any atom is -0.506 e. The van der Waals surface area contributed by atoms with Crippen LogP contribution in [0.25, 0.3) is 22.0 Å². The van der Waals surface area contributed by atoms with Crippen molar-refractivity contribution < 1.29 is 10.2 Å². The summed E-state index contributed by atoms with van der Waals surface area (Å²) in [5.41, 5.74) is 6.02. The van der Waals surface area contributed by atoms with Crippen molar-refractivity contribution in [1.82, 2.24) is 10.3 Å². The Kier molecular flexibility index (Phi) is 7.75. The van der Waals surface area contributed by atoms with E-state index in [2.05, 4.69) is 52.0 Å². The first kappa shape index (κ1) is 25.5. The lowest BCUT2D eigenvalue weighted by Gasteiger charge is -2.15. The molecule has 1 aromatic heterocycles. The minimum atomic E-state index is -0.779. The maximum Gasteiger partial charge on any atom is 0.248 e. The number of nitrogens with one attached hydrogen (secondary N) is 3. The van der Waals surface area contributed by atoms with Crippen LogP contribution < -0.4 is 16.2 Å². The molecule has 0 unspecified atom stereocenters. The average molecular weight is 526 g/mol. The van der Waals surface area contributed by atoms with Gasteiger partial charge < -0.3 is 25.8 Å².